The lowest BCUT2D eigenvalue weighted by atomic mass is 10.6. The van der Waals surface area contributed by atoms with Crippen molar-refractivity contribution >= 4 is 0 Å². The SMILES string of the molecule is C=C/C=C/N(C)N(C)CC. The summed E-state index contributed by atoms with van der Waals surface area (Å²) in [6.45, 7) is 6.71. The zero-order valence-electron chi connectivity index (χ0n) is 7.04. The van der Waals surface area contributed by atoms with Gasteiger partial charge in [-0.25, -0.2) is 5.01 Å². The van der Waals surface area contributed by atoms with Crippen LogP contribution in [0.25, 0.3) is 0 Å². The summed E-state index contributed by atoms with van der Waals surface area (Å²) in [6, 6.07) is 0. The fraction of sp³-hybridized carbons (Fsp3) is 0.500. The van der Waals surface area contributed by atoms with Crippen LogP contribution in [0.1, 0.15) is 6.92 Å². The second-order valence-electron chi connectivity index (χ2n) is 2.12. The number of allylic oxidation sites excluding steroid dienone is 2. The second kappa shape index (κ2) is 5.06. The Morgan fingerprint density at radius 3 is 2.40 bits per heavy atom. The van der Waals surface area contributed by atoms with E-state index in [1.54, 1.807) is 6.08 Å². The molecule has 0 aromatic carbocycles. The van der Waals surface area contributed by atoms with Crippen LogP contribution in [0.4, 0.5) is 0 Å². The summed E-state index contributed by atoms with van der Waals surface area (Å²) in [5.74, 6) is 0. The van der Waals surface area contributed by atoms with Crippen molar-refractivity contribution in [3.63, 3.8) is 0 Å². The van der Waals surface area contributed by atoms with Crippen LogP contribution in [-0.4, -0.2) is 30.7 Å². The van der Waals surface area contributed by atoms with Crippen molar-refractivity contribution in [2.45, 2.75) is 6.92 Å². The van der Waals surface area contributed by atoms with Crippen molar-refractivity contribution in [1.29, 1.82) is 0 Å². The van der Waals surface area contributed by atoms with E-state index in [4.69, 9.17) is 0 Å². The van der Waals surface area contributed by atoms with Gasteiger partial charge in [-0.3, -0.25) is 0 Å². The summed E-state index contributed by atoms with van der Waals surface area (Å²) < 4.78 is 0. The molecule has 0 fully saturated rings. The van der Waals surface area contributed by atoms with Gasteiger partial charge in [0.25, 0.3) is 0 Å². The number of hydrogen-bond acceptors (Lipinski definition) is 2. The average molecular weight is 140 g/mol. The van der Waals surface area contributed by atoms with Crippen LogP contribution in [0.5, 0.6) is 0 Å². The van der Waals surface area contributed by atoms with Gasteiger partial charge in [-0.15, -0.1) is 0 Å². The first kappa shape index (κ1) is 9.24. The average Bonchev–Trinajstić information content (AvgIpc) is 1.98. The molecule has 0 aliphatic heterocycles. The van der Waals surface area contributed by atoms with Crippen LogP contribution in [-0.2, 0) is 0 Å². The third kappa shape index (κ3) is 3.30. The zero-order valence-corrected chi connectivity index (χ0v) is 7.04. The summed E-state index contributed by atoms with van der Waals surface area (Å²) in [7, 11) is 4.04. The maximum absolute atomic E-state index is 3.59. The lowest BCUT2D eigenvalue weighted by Crippen LogP contribution is -2.31. The molecule has 0 saturated heterocycles. The molecule has 0 aliphatic carbocycles. The first-order valence-corrected chi connectivity index (χ1v) is 3.45. The fourth-order valence-electron chi connectivity index (χ4n) is 0.522. The molecule has 10 heavy (non-hydrogen) atoms. The minimum Gasteiger partial charge on any atom is -0.316 e. The van der Waals surface area contributed by atoms with Crippen molar-refractivity contribution in [2.75, 3.05) is 20.6 Å². The van der Waals surface area contributed by atoms with Crippen LogP contribution < -0.4 is 0 Å². The van der Waals surface area contributed by atoms with E-state index < -0.39 is 0 Å². The minimum absolute atomic E-state index is 1.01. The van der Waals surface area contributed by atoms with Crippen LogP contribution in [0, 0.1) is 0 Å². The summed E-state index contributed by atoms with van der Waals surface area (Å²) in [4.78, 5) is 0. The molecule has 0 saturated carbocycles. The van der Waals surface area contributed by atoms with Gasteiger partial charge in [0.1, 0.15) is 0 Å². The quantitative estimate of drug-likeness (QED) is 0.431. The van der Waals surface area contributed by atoms with Crippen LogP contribution in [0.15, 0.2) is 24.9 Å². The summed E-state index contributed by atoms with van der Waals surface area (Å²) in [6.07, 6.45) is 5.64. The molecule has 0 aromatic heterocycles. The topological polar surface area (TPSA) is 6.48 Å². The third-order valence-corrected chi connectivity index (χ3v) is 1.43. The highest BCUT2D eigenvalue weighted by Crippen LogP contribution is 1.89. The number of hydrazine groups is 1. The Morgan fingerprint density at radius 2 is 2.00 bits per heavy atom. The molecule has 0 bridgehead atoms. The van der Waals surface area contributed by atoms with Gasteiger partial charge in [-0.05, 0) is 6.08 Å². The van der Waals surface area contributed by atoms with E-state index >= 15 is 0 Å². The van der Waals surface area contributed by atoms with Gasteiger partial charge >= 0.3 is 0 Å². The van der Waals surface area contributed by atoms with Crippen molar-refractivity contribution in [1.82, 2.24) is 10.0 Å². The summed E-state index contributed by atoms with van der Waals surface area (Å²) >= 11 is 0. The lowest BCUT2D eigenvalue weighted by molar-refractivity contribution is 0.0876. The van der Waals surface area contributed by atoms with E-state index in [2.05, 4.69) is 18.5 Å². The monoisotopic (exact) mass is 140 g/mol. The Labute approximate surface area is 63.4 Å². The molecule has 2 nitrogen and oxygen atoms in total. The Kier molecular flexibility index (Phi) is 4.67. The van der Waals surface area contributed by atoms with Crippen molar-refractivity contribution in [2.24, 2.45) is 0 Å². The van der Waals surface area contributed by atoms with Gasteiger partial charge < -0.3 is 5.01 Å². The predicted octanol–water partition coefficient (Wildman–Crippen LogP) is 1.48. The molecular weight excluding hydrogens is 124 g/mol. The number of rotatable bonds is 4. The molecular formula is C8H16N2. The second-order valence-corrected chi connectivity index (χ2v) is 2.12. The van der Waals surface area contributed by atoms with Crippen molar-refractivity contribution < 1.29 is 0 Å². The van der Waals surface area contributed by atoms with Gasteiger partial charge in [0, 0.05) is 26.8 Å². The molecule has 0 radical (unpaired) electrons. The largest absolute Gasteiger partial charge is 0.316 e. The molecule has 0 atom stereocenters. The summed E-state index contributed by atoms with van der Waals surface area (Å²) in [5.41, 5.74) is 0. The Bertz CT molecular complexity index is 118. The molecule has 0 amide bonds. The van der Waals surface area contributed by atoms with Gasteiger partial charge in [0.2, 0.25) is 0 Å². The maximum Gasteiger partial charge on any atom is 0.0227 e. The number of nitrogens with zero attached hydrogens (tertiary/aromatic N) is 2. The van der Waals surface area contributed by atoms with Gasteiger partial charge in [-0.1, -0.05) is 19.6 Å². The highest BCUT2D eigenvalue weighted by Gasteiger charge is 1.93. The molecule has 0 spiro atoms. The molecule has 0 aromatic rings. The normalized spacial score (nSPS) is 10.8. The fourth-order valence-corrected chi connectivity index (χ4v) is 0.522. The van der Waals surface area contributed by atoms with E-state index in [0.717, 1.165) is 6.54 Å². The Balaban J connectivity index is 3.70. The summed E-state index contributed by atoms with van der Waals surface area (Å²) in [5, 5.41) is 4.11. The van der Waals surface area contributed by atoms with E-state index in [9.17, 15) is 0 Å². The lowest BCUT2D eigenvalue weighted by Gasteiger charge is -2.24. The highest BCUT2D eigenvalue weighted by molar-refractivity contribution is 4.95. The van der Waals surface area contributed by atoms with Gasteiger partial charge in [-0.2, -0.15) is 0 Å². The van der Waals surface area contributed by atoms with Crippen LogP contribution in [0.2, 0.25) is 0 Å². The van der Waals surface area contributed by atoms with Gasteiger partial charge in [0.05, 0.1) is 0 Å². The minimum atomic E-state index is 1.01. The molecule has 0 N–H and O–H groups in total. The smallest absolute Gasteiger partial charge is 0.0227 e. The van der Waals surface area contributed by atoms with Crippen LogP contribution in [0.3, 0.4) is 0 Å². The molecule has 2 heteroatoms. The zero-order chi connectivity index (χ0) is 7.98. The predicted molar refractivity (Wildman–Crippen MR) is 45.4 cm³/mol. The molecule has 0 unspecified atom stereocenters. The molecule has 0 aliphatic rings. The van der Waals surface area contributed by atoms with E-state index in [1.165, 1.54) is 0 Å². The first-order valence-electron chi connectivity index (χ1n) is 3.45. The Hall–Kier alpha value is -0.760. The third-order valence-electron chi connectivity index (χ3n) is 1.43. The van der Waals surface area contributed by atoms with Gasteiger partial charge in [0.15, 0.2) is 0 Å². The molecule has 58 valence electrons. The first-order chi connectivity index (χ1) is 4.72. The maximum atomic E-state index is 3.59. The Morgan fingerprint density at radius 1 is 1.40 bits per heavy atom. The van der Waals surface area contributed by atoms with E-state index in [1.807, 2.05) is 31.4 Å². The van der Waals surface area contributed by atoms with E-state index in [-0.39, 0.29) is 0 Å². The number of hydrogen-bond donors (Lipinski definition) is 0. The van der Waals surface area contributed by atoms with Crippen LogP contribution >= 0.6 is 0 Å². The molecule has 0 rings (SSSR count). The van der Waals surface area contributed by atoms with Crippen molar-refractivity contribution in [3.8, 4) is 0 Å². The standard InChI is InChI=1S/C8H16N2/c1-5-7-8-10(4)9(3)6-2/h5,7-8H,1,6H2,2-4H3/b8-7+. The van der Waals surface area contributed by atoms with E-state index in [0.29, 0.717) is 0 Å². The van der Waals surface area contributed by atoms with Crippen molar-refractivity contribution in [3.05, 3.63) is 24.9 Å². The molecule has 0 heterocycles. The highest BCUT2D eigenvalue weighted by atomic mass is 15.6.